The molecule has 0 bridgehead atoms. The molecule has 0 unspecified atom stereocenters. The molecule has 0 aliphatic carbocycles. The van der Waals surface area contributed by atoms with Crippen molar-refractivity contribution in [3.05, 3.63) is 54.6 Å². The van der Waals surface area contributed by atoms with Gasteiger partial charge in [-0.3, -0.25) is 9.67 Å². The first kappa shape index (κ1) is 16.1. The Kier molecular flexibility index (Phi) is 3.89. The van der Waals surface area contributed by atoms with Gasteiger partial charge in [0.15, 0.2) is 0 Å². The summed E-state index contributed by atoms with van der Waals surface area (Å²) in [6.45, 7) is 3.93. The summed E-state index contributed by atoms with van der Waals surface area (Å²) in [5.74, 6) is 2.57. The van der Waals surface area contributed by atoms with Gasteiger partial charge in [-0.25, -0.2) is 0 Å². The van der Waals surface area contributed by atoms with Crippen LogP contribution in [0.25, 0.3) is 22.3 Å². The average molecular weight is 359 g/mol. The van der Waals surface area contributed by atoms with Crippen LogP contribution in [0.3, 0.4) is 0 Å². The van der Waals surface area contributed by atoms with E-state index in [0.717, 1.165) is 53.4 Å². The van der Waals surface area contributed by atoms with E-state index in [1.807, 2.05) is 47.4 Å². The molecule has 0 spiro atoms. The standard InChI is InChI=1S/C21H21N5O/c1-2-26-17-6-5-12-22-21(17)20(24-26)15-8-10-16(11-9-15)27-19-14-25-13-4-3-7-18(25)23-19/h5-6,8-12,14H,2-4,7,13H2,1H3. The second kappa shape index (κ2) is 6.54. The predicted molar refractivity (Wildman–Crippen MR) is 104 cm³/mol. The van der Waals surface area contributed by atoms with E-state index < -0.39 is 0 Å². The molecule has 27 heavy (non-hydrogen) atoms. The number of aromatic nitrogens is 5. The number of aryl methyl sites for hydroxylation is 3. The smallest absolute Gasteiger partial charge is 0.237 e. The van der Waals surface area contributed by atoms with Gasteiger partial charge in [0, 0.05) is 31.3 Å². The molecular weight excluding hydrogens is 338 g/mol. The fourth-order valence-electron chi connectivity index (χ4n) is 3.68. The van der Waals surface area contributed by atoms with Gasteiger partial charge >= 0.3 is 0 Å². The highest BCUT2D eigenvalue weighted by Gasteiger charge is 2.15. The van der Waals surface area contributed by atoms with Gasteiger partial charge in [-0.1, -0.05) is 0 Å². The second-order valence-corrected chi connectivity index (χ2v) is 6.81. The topological polar surface area (TPSA) is 57.8 Å². The summed E-state index contributed by atoms with van der Waals surface area (Å²) < 4.78 is 10.1. The number of nitrogens with zero attached hydrogens (tertiary/aromatic N) is 5. The van der Waals surface area contributed by atoms with Gasteiger partial charge < -0.3 is 9.30 Å². The molecule has 4 aromatic rings. The number of hydrogen-bond donors (Lipinski definition) is 0. The minimum absolute atomic E-state index is 0.669. The number of benzene rings is 1. The lowest BCUT2D eigenvalue weighted by atomic mass is 10.1. The number of pyridine rings is 1. The predicted octanol–water partition coefficient (Wildman–Crippen LogP) is 4.44. The van der Waals surface area contributed by atoms with Crippen LogP contribution in [0.15, 0.2) is 48.8 Å². The molecule has 136 valence electrons. The van der Waals surface area contributed by atoms with Crippen LogP contribution >= 0.6 is 0 Å². The summed E-state index contributed by atoms with van der Waals surface area (Å²) in [4.78, 5) is 9.12. The highest BCUT2D eigenvalue weighted by molar-refractivity contribution is 5.89. The first-order valence-electron chi connectivity index (χ1n) is 9.47. The Balaban J connectivity index is 1.43. The molecule has 1 aliphatic rings. The molecule has 5 rings (SSSR count). The molecule has 6 nitrogen and oxygen atoms in total. The van der Waals surface area contributed by atoms with E-state index in [1.54, 1.807) is 0 Å². The van der Waals surface area contributed by atoms with Crippen molar-refractivity contribution in [1.29, 1.82) is 0 Å². The molecule has 1 aliphatic heterocycles. The Morgan fingerprint density at radius 1 is 1.11 bits per heavy atom. The van der Waals surface area contributed by atoms with Crippen LogP contribution in [-0.2, 0) is 19.5 Å². The van der Waals surface area contributed by atoms with Crippen molar-refractivity contribution in [3.8, 4) is 22.9 Å². The van der Waals surface area contributed by atoms with E-state index in [9.17, 15) is 0 Å². The van der Waals surface area contributed by atoms with Crippen molar-refractivity contribution in [1.82, 2.24) is 24.3 Å². The highest BCUT2D eigenvalue weighted by Crippen LogP contribution is 2.29. The summed E-state index contributed by atoms with van der Waals surface area (Å²) in [6.07, 6.45) is 7.26. The van der Waals surface area contributed by atoms with Crippen molar-refractivity contribution < 1.29 is 4.74 Å². The minimum atomic E-state index is 0.669. The molecule has 0 radical (unpaired) electrons. The first-order valence-corrected chi connectivity index (χ1v) is 9.47. The molecule has 1 aromatic carbocycles. The highest BCUT2D eigenvalue weighted by atomic mass is 16.5. The van der Waals surface area contributed by atoms with Gasteiger partial charge in [0.2, 0.25) is 5.88 Å². The van der Waals surface area contributed by atoms with Gasteiger partial charge in [-0.05, 0) is 56.2 Å². The molecular formula is C21H21N5O. The zero-order chi connectivity index (χ0) is 18.2. The number of hydrogen-bond acceptors (Lipinski definition) is 4. The molecule has 0 saturated heterocycles. The van der Waals surface area contributed by atoms with Crippen molar-refractivity contribution in [3.63, 3.8) is 0 Å². The van der Waals surface area contributed by atoms with Crippen LogP contribution in [-0.4, -0.2) is 24.3 Å². The van der Waals surface area contributed by atoms with Crippen LogP contribution < -0.4 is 4.74 Å². The molecule has 6 heteroatoms. The summed E-state index contributed by atoms with van der Waals surface area (Å²) in [7, 11) is 0. The van der Waals surface area contributed by atoms with Crippen LogP contribution in [0.5, 0.6) is 11.6 Å². The molecule has 0 N–H and O–H groups in total. The maximum absolute atomic E-state index is 5.96. The third kappa shape index (κ3) is 2.87. The molecule has 0 atom stereocenters. The van der Waals surface area contributed by atoms with Gasteiger partial charge in [-0.15, -0.1) is 0 Å². The van der Waals surface area contributed by atoms with Crippen LogP contribution in [0, 0.1) is 0 Å². The van der Waals surface area contributed by atoms with E-state index in [1.165, 1.54) is 12.8 Å². The van der Waals surface area contributed by atoms with Gasteiger partial charge in [-0.2, -0.15) is 10.1 Å². The lowest BCUT2D eigenvalue weighted by Crippen LogP contribution is -2.08. The molecule has 0 saturated carbocycles. The van der Waals surface area contributed by atoms with E-state index >= 15 is 0 Å². The first-order chi connectivity index (χ1) is 13.3. The van der Waals surface area contributed by atoms with Gasteiger partial charge in [0.05, 0.1) is 11.7 Å². The summed E-state index contributed by atoms with van der Waals surface area (Å²) >= 11 is 0. The lowest BCUT2D eigenvalue weighted by molar-refractivity contribution is 0.464. The Morgan fingerprint density at radius 3 is 2.81 bits per heavy atom. The van der Waals surface area contributed by atoms with Gasteiger partial charge in [0.1, 0.15) is 22.8 Å². The Labute approximate surface area is 157 Å². The quantitative estimate of drug-likeness (QED) is 0.540. The number of ether oxygens (including phenoxy) is 1. The number of imidazole rings is 1. The summed E-state index contributed by atoms with van der Waals surface area (Å²) in [6, 6.07) is 12.0. The van der Waals surface area contributed by atoms with Crippen molar-refractivity contribution >= 4 is 11.0 Å². The largest absolute Gasteiger partial charge is 0.438 e. The zero-order valence-corrected chi connectivity index (χ0v) is 15.3. The second-order valence-electron chi connectivity index (χ2n) is 6.81. The SMILES string of the molecule is CCn1nc(-c2ccc(Oc3cn4c(n3)CCCC4)cc2)c2ncccc21. The monoisotopic (exact) mass is 359 g/mol. The Hall–Kier alpha value is -3.15. The summed E-state index contributed by atoms with van der Waals surface area (Å²) in [5.41, 5.74) is 3.91. The van der Waals surface area contributed by atoms with Crippen molar-refractivity contribution in [2.45, 2.75) is 39.3 Å². The van der Waals surface area contributed by atoms with Crippen LogP contribution in [0.4, 0.5) is 0 Å². The third-order valence-corrected chi connectivity index (χ3v) is 5.05. The average Bonchev–Trinajstić information content (AvgIpc) is 3.29. The normalized spacial score (nSPS) is 13.7. The molecule has 0 fully saturated rings. The minimum Gasteiger partial charge on any atom is -0.438 e. The maximum atomic E-state index is 5.96. The van der Waals surface area contributed by atoms with Crippen LogP contribution in [0.2, 0.25) is 0 Å². The van der Waals surface area contributed by atoms with E-state index in [2.05, 4.69) is 27.5 Å². The fraction of sp³-hybridized carbons (Fsp3) is 0.286. The fourth-order valence-corrected chi connectivity index (χ4v) is 3.68. The number of rotatable bonds is 4. The van der Waals surface area contributed by atoms with Crippen molar-refractivity contribution in [2.75, 3.05) is 0 Å². The number of fused-ring (bicyclic) bond motifs is 2. The van der Waals surface area contributed by atoms with E-state index in [4.69, 9.17) is 9.84 Å². The third-order valence-electron chi connectivity index (χ3n) is 5.05. The Morgan fingerprint density at radius 2 is 2.00 bits per heavy atom. The lowest BCUT2D eigenvalue weighted by Gasteiger charge is -2.11. The van der Waals surface area contributed by atoms with Crippen molar-refractivity contribution in [2.24, 2.45) is 0 Å². The molecule has 4 heterocycles. The maximum Gasteiger partial charge on any atom is 0.237 e. The van der Waals surface area contributed by atoms with Crippen LogP contribution in [0.1, 0.15) is 25.6 Å². The van der Waals surface area contributed by atoms with Gasteiger partial charge in [0.25, 0.3) is 0 Å². The zero-order valence-electron chi connectivity index (χ0n) is 15.3. The van der Waals surface area contributed by atoms with E-state index in [-0.39, 0.29) is 0 Å². The molecule has 0 amide bonds. The Bertz CT molecular complexity index is 1070. The molecule has 3 aromatic heterocycles. The van der Waals surface area contributed by atoms with E-state index in [0.29, 0.717) is 5.88 Å². The summed E-state index contributed by atoms with van der Waals surface area (Å²) in [5, 5.41) is 4.73.